The van der Waals surface area contributed by atoms with E-state index in [0.29, 0.717) is 12.2 Å². The number of carbonyl (C=O) groups is 1. The van der Waals surface area contributed by atoms with Crippen molar-refractivity contribution in [2.75, 3.05) is 18.0 Å². The average Bonchev–Trinajstić information content (AvgIpc) is 3.08. The second-order valence-electron chi connectivity index (χ2n) is 5.14. The highest BCUT2D eigenvalue weighted by molar-refractivity contribution is 5.92. The summed E-state index contributed by atoms with van der Waals surface area (Å²) in [6, 6.07) is 13.4. The molecule has 5 nitrogen and oxygen atoms in total. The summed E-state index contributed by atoms with van der Waals surface area (Å²) >= 11 is 0. The van der Waals surface area contributed by atoms with Crippen LogP contribution in [-0.2, 0) is 6.54 Å². The molecule has 1 aliphatic rings. The monoisotopic (exact) mass is 282 g/mol. The first-order valence-electron chi connectivity index (χ1n) is 7.24. The Morgan fingerprint density at radius 1 is 1.05 bits per heavy atom. The summed E-state index contributed by atoms with van der Waals surface area (Å²) in [7, 11) is 0. The number of carbonyl (C=O) groups excluding carboxylic acids is 1. The number of rotatable bonds is 4. The van der Waals surface area contributed by atoms with Gasteiger partial charge in [0.1, 0.15) is 0 Å². The average molecular weight is 282 g/mol. The largest absolute Gasteiger partial charge is 0.355 e. The molecule has 0 atom stereocenters. The molecule has 0 bridgehead atoms. The highest BCUT2D eigenvalue weighted by Crippen LogP contribution is 2.16. The van der Waals surface area contributed by atoms with E-state index in [1.54, 1.807) is 6.07 Å². The lowest BCUT2D eigenvalue weighted by molar-refractivity contribution is 0.0945. The molecule has 0 unspecified atom stereocenters. The Labute approximate surface area is 124 Å². The van der Waals surface area contributed by atoms with Crippen molar-refractivity contribution in [3.63, 3.8) is 0 Å². The van der Waals surface area contributed by atoms with Crippen molar-refractivity contribution < 1.29 is 4.79 Å². The fraction of sp³-hybridized carbons (Fsp3) is 0.312. The van der Waals surface area contributed by atoms with E-state index in [0.717, 1.165) is 24.5 Å². The highest BCUT2D eigenvalue weighted by Gasteiger charge is 2.15. The Morgan fingerprint density at radius 3 is 2.48 bits per heavy atom. The molecule has 1 N–H and O–H groups in total. The molecule has 1 aromatic carbocycles. The Bertz CT molecular complexity index is 591. The summed E-state index contributed by atoms with van der Waals surface area (Å²) in [5, 5.41) is 11.0. The number of hydrogen-bond acceptors (Lipinski definition) is 4. The fourth-order valence-electron chi connectivity index (χ4n) is 2.43. The minimum Gasteiger partial charge on any atom is -0.355 e. The lowest BCUT2D eigenvalue weighted by atomic mass is 10.2. The fourth-order valence-corrected chi connectivity index (χ4v) is 2.43. The third kappa shape index (κ3) is 3.37. The molecule has 0 radical (unpaired) electrons. The first-order valence-corrected chi connectivity index (χ1v) is 7.24. The van der Waals surface area contributed by atoms with Crippen molar-refractivity contribution in [2.45, 2.75) is 19.4 Å². The topological polar surface area (TPSA) is 58.1 Å². The van der Waals surface area contributed by atoms with Gasteiger partial charge in [-0.1, -0.05) is 30.3 Å². The lowest BCUT2D eigenvalue weighted by Gasteiger charge is -2.15. The molecule has 1 aromatic heterocycles. The van der Waals surface area contributed by atoms with Crippen molar-refractivity contribution in [3.8, 4) is 0 Å². The van der Waals surface area contributed by atoms with Gasteiger partial charge >= 0.3 is 0 Å². The molecule has 1 amide bonds. The third-order valence-electron chi connectivity index (χ3n) is 3.61. The second kappa shape index (κ2) is 6.35. The minimum atomic E-state index is -0.195. The van der Waals surface area contributed by atoms with Crippen LogP contribution >= 0.6 is 0 Å². The van der Waals surface area contributed by atoms with E-state index in [-0.39, 0.29) is 5.91 Å². The van der Waals surface area contributed by atoms with Gasteiger partial charge in [-0.15, -0.1) is 10.2 Å². The van der Waals surface area contributed by atoms with Crippen molar-refractivity contribution in [1.82, 2.24) is 15.5 Å². The molecule has 0 aliphatic carbocycles. The zero-order valence-electron chi connectivity index (χ0n) is 11.8. The number of amides is 1. The van der Waals surface area contributed by atoms with E-state index in [1.165, 1.54) is 12.8 Å². The summed E-state index contributed by atoms with van der Waals surface area (Å²) in [5.41, 5.74) is 1.42. The zero-order chi connectivity index (χ0) is 14.5. The van der Waals surface area contributed by atoms with Crippen LogP contribution in [0.4, 0.5) is 5.82 Å². The Kier molecular flexibility index (Phi) is 4.09. The standard InChI is InChI=1S/C16H18N4O/c21-16(17-12-13-6-2-1-3-7-13)14-8-9-15(19-18-14)20-10-4-5-11-20/h1-3,6-9H,4-5,10-12H2,(H,17,21). The molecule has 1 aliphatic heterocycles. The van der Waals surface area contributed by atoms with Crippen LogP contribution in [0, 0.1) is 0 Å². The van der Waals surface area contributed by atoms with Gasteiger partial charge in [-0.2, -0.15) is 0 Å². The molecular formula is C16H18N4O. The van der Waals surface area contributed by atoms with Crippen LogP contribution in [0.1, 0.15) is 28.9 Å². The predicted octanol–water partition coefficient (Wildman–Crippen LogP) is 2.01. The van der Waals surface area contributed by atoms with E-state index < -0.39 is 0 Å². The second-order valence-corrected chi connectivity index (χ2v) is 5.14. The SMILES string of the molecule is O=C(NCc1ccccc1)c1ccc(N2CCCC2)nn1. The van der Waals surface area contributed by atoms with Crippen molar-refractivity contribution in [1.29, 1.82) is 0 Å². The maximum atomic E-state index is 12.0. The van der Waals surface area contributed by atoms with E-state index in [1.807, 2.05) is 36.4 Å². The first-order chi connectivity index (χ1) is 10.3. The molecule has 2 heterocycles. The van der Waals surface area contributed by atoms with Gasteiger partial charge in [0.05, 0.1) is 0 Å². The molecule has 5 heteroatoms. The molecule has 1 fully saturated rings. The van der Waals surface area contributed by atoms with Gasteiger partial charge in [-0.05, 0) is 30.5 Å². The van der Waals surface area contributed by atoms with Crippen molar-refractivity contribution in [3.05, 3.63) is 53.7 Å². The van der Waals surface area contributed by atoms with Gasteiger partial charge in [-0.3, -0.25) is 4.79 Å². The van der Waals surface area contributed by atoms with E-state index in [4.69, 9.17) is 0 Å². The lowest BCUT2D eigenvalue weighted by Crippen LogP contribution is -2.25. The number of hydrogen-bond donors (Lipinski definition) is 1. The number of anilines is 1. The summed E-state index contributed by atoms with van der Waals surface area (Å²) in [5.74, 6) is 0.659. The zero-order valence-corrected chi connectivity index (χ0v) is 11.8. The maximum absolute atomic E-state index is 12.0. The molecule has 0 spiro atoms. The van der Waals surface area contributed by atoms with Crippen LogP contribution in [0.3, 0.4) is 0 Å². The van der Waals surface area contributed by atoms with Crippen LogP contribution in [0.5, 0.6) is 0 Å². The predicted molar refractivity (Wildman–Crippen MR) is 81.1 cm³/mol. The van der Waals surface area contributed by atoms with Crippen LogP contribution in [-0.4, -0.2) is 29.2 Å². The van der Waals surface area contributed by atoms with Gasteiger partial charge < -0.3 is 10.2 Å². The summed E-state index contributed by atoms with van der Waals surface area (Å²) in [6.45, 7) is 2.54. The molecular weight excluding hydrogens is 264 g/mol. The van der Waals surface area contributed by atoms with Crippen LogP contribution in [0.15, 0.2) is 42.5 Å². The Balaban J connectivity index is 1.59. The molecule has 2 aromatic rings. The van der Waals surface area contributed by atoms with E-state index >= 15 is 0 Å². The molecule has 21 heavy (non-hydrogen) atoms. The molecule has 3 rings (SSSR count). The number of aromatic nitrogens is 2. The number of benzene rings is 1. The van der Waals surface area contributed by atoms with Gasteiger partial charge in [0.15, 0.2) is 11.5 Å². The number of nitrogens with zero attached hydrogens (tertiary/aromatic N) is 3. The summed E-state index contributed by atoms with van der Waals surface area (Å²) in [6.07, 6.45) is 2.39. The number of nitrogens with one attached hydrogen (secondary N) is 1. The first kappa shape index (κ1) is 13.5. The minimum absolute atomic E-state index is 0.195. The highest BCUT2D eigenvalue weighted by atomic mass is 16.1. The van der Waals surface area contributed by atoms with Crippen LogP contribution < -0.4 is 10.2 Å². The van der Waals surface area contributed by atoms with Gasteiger partial charge in [0, 0.05) is 19.6 Å². The Morgan fingerprint density at radius 2 is 1.81 bits per heavy atom. The summed E-state index contributed by atoms with van der Waals surface area (Å²) in [4.78, 5) is 14.2. The van der Waals surface area contributed by atoms with Gasteiger partial charge in [0.25, 0.3) is 5.91 Å². The molecule has 0 saturated carbocycles. The summed E-state index contributed by atoms with van der Waals surface area (Å²) < 4.78 is 0. The van der Waals surface area contributed by atoms with E-state index in [2.05, 4.69) is 20.4 Å². The quantitative estimate of drug-likeness (QED) is 0.932. The third-order valence-corrected chi connectivity index (χ3v) is 3.61. The maximum Gasteiger partial charge on any atom is 0.272 e. The Hall–Kier alpha value is -2.43. The van der Waals surface area contributed by atoms with Gasteiger partial charge in [0.2, 0.25) is 0 Å². The molecule has 1 saturated heterocycles. The van der Waals surface area contributed by atoms with E-state index in [9.17, 15) is 4.79 Å². The van der Waals surface area contributed by atoms with Crippen molar-refractivity contribution >= 4 is 11.7 Å². The molecule has 108 valence electrons. The smallest absolute Gasteiger partial charge is 0.272 e. The van der Waals surface area contributed by atoms with Crippen LogP contribution in [0.2, 0.25) is 0 Å². The van der Waals surface area contributed by atoms with Gasteiger partial charge in [-0.25, -0.2) is 0 Å². The normalized spacial score (nSPS) is 14.2. The van der Waals surface area contributed by atoms with Crippen molar-refractivity contribution in [2.24, 2.45) is 0 Å². The van der Waals surface area contributed by atoms with Crippen LogP contribution in [0.25, 0.3) is 0 Å².